The highest BCUT2D eigenvalue weighted by Crippen LogP contribution is 2.43. The molecule has 0 spiro atoms. The van der Waals surface area contributed by atoms with Crippen molar-refractivity contribution in [2.24, 2.45) is 0 Å². The van der Waals surface area contributed by atoms with Gasteiger partial charge in [-0.2, -0.15) is 4.21 Å². The number of nitrogens with one attached hydrogen (secondary N) is 3. The maximum atomic E-state index is 14.2. The zero-order valence-corrected chi connectivity index (χ0v) is 27.3. The number of alkyl carbamates (subject to hydrolysis) is 1. The van der Waals surface area contributed by atoms with Gasteiger partial charge in [-0.05, 0) is 99.3 Å². The molecule has 41 heavy (non-hydrogen) atoms. The highest BCUT2D eigenvalue weighted by atomic mass is 32.3. The molecule has 1 aliphatic rings. The first-order valence-corrected chi connectivity index (χ1v) is 17.1. The zero-order valence-electron chi connectivity index (χ0n) is 25.6. The molecule has 12 heteroatoms. The Morgan fingerprint density at radius 2 is 1.71 bits per heavy atom. The molecule has 1 aromatic carbocycles. The average molecular weight is 611 g/mol. The molecule has 0 radical (unpaired) electrons. The third-order valence-electron chi connectivity index (χ3n) is 6.22. The van der Waals surface area contributed by atoms with Gasteiger partial charge in [0.1, 0.15) is 5.60 Å². The van der Waals surface area contributed by atoms with E-state index in [0.29, 0.717) is 11.3 Å². The van der Waals surface area contributed by atoms with E-state index in [1.807, 2.05) is 41.5 Å². The summed E-state index contributed by atoms with van der Waals surface area (Å²) in [5, 5.41) is 6.58. The van der Waals surface area contributed by atoms with Gasteiger partial charge in [0.05, 0.1) is 20.9 Å². The molecule has 0 unspecified atom stereocenters. The highest BCUT2D eigenvalue weighted by molar-refractivity contribution is 8.13. The van der Waals surface area contributed by atoms with Gasteiger partial charge in [-0.15, -0.1) is 20.9 Å². The fourth-order valence-electron chi connectivity index (χ4n) is 4.90. The van der Waals surface area contributed by atoms with Crippen LogP contribution in [-0.2, 0) is 19.0 Å². The highest BCUT2D eigenvalue weighted by Gasteiger charge is 2.34. The van der Waals surface area contributed by atoms with Crippen molar-refractivity contribution in [3.63, 3.8) is 0 Å². The van der Waals surface area contributed by atoms with E-state index in [1.54, 1.807) is 32.2 Å². The minimum atomic E-state index is -4.59. The lowest BCUT2D eigenvalue weighted by Gasteiger charge is -2.46. The van der Waals surface area contributed by atoms with Gasteiger partial charge in [-0.25, -0.2) is 19.3 Å². The Morgan fingerprint density at radius 1 is 1.07 bits per heavy atom. The Labute approximate surface area is 247 Å². The molecule has 10 nitrogen and oxygen atoms in total. The summed E-state index contributed by atoms with van der Waals surface area (Å²) in [6, 6.07) is 5.00. The number of rotatable bonds is 7. The fourth-order valence-corrected chi connectivity index (χ4v) is 8.74. The summed E-state index contributed by atoms with van der Waals surface area (Å²) in [7, 11) is -4.59. The molecule has 1 aromatic heterocycles. The third kappa shape index (κ3) is 9.76. The largest absolute Gasteiger partial charge is 0.447 e. The standard InChI is InChI=1S/C29H46N4O6S2/c1-18(2)38-26(34)32-21-14-15-22(24(16-21)41(9,36,37)33-28(3,4)5)23-17-30-25(40-23)19-10-12-20(13-11-19)31-27(35)39-29(6,7)8/h14-20H,10-13H2,1-9H3,(H,31,35)(H,32,34)(H2,33,36,37). The summed E-state index contributed by atoms with van der Waals surface area (Å²) >= 11 is 1.50. The lowest BCUT2D eigenvalue weighted by Crippen LogP contribution is -2.54. The van der Waals surface area contributed by atoms with Gasteiger partial charge in [0.15, 0.2) is 0 Å². The molecule has 2 amide bonds. The van der Waals surface area contributed by atoms with Crippen molar-refractivity contribution in [3.05, 3.63) is 29.4 Å². The van der Waals surface area contributed by atoms with Crippen LogP contribution in [0.3, 0.4) is 0 Å². The van der Waals surface area contributed by atoms with Crippen LogP contribution in [-0.4, -0.2) is 55.5 Å². The van der Waals surface area contributed by atoms with Crippen molar-refractivity contribution in [1.82, 2.24) is 15.0 Å². The van der Waals surface area contributed by atoms with Crippen LogP contribution < -0.4 is 15.4 Å². The summed E-state index contributed by atoms with van der Waals surface area (Å²) in [5.41, 5.74) is -0.299. The van der Waals surface area contributed by atoms with Gasteiger partial charge in [0.2, 0.25) is 0 Å². The quantitative estimate of drug-likeness (QED) is 0.267. The van der Waals surface area contributed by atoms with Crippen LogP contribution >= 0.6 is 11.3 Å². The molecule has 0 saturated heterocycles. The first-order valence-electron chi connectivity index (χ1n) is 14.0. The van der Waals surface area contributed by atoms with Crippen LogP contribution in [0.1, 0.15) is 92.0 Å². The smallest absolute Gasteiger partial charge is 0.411 e. The normalized spacial score (nSPS) is 19.2. The van der Waals surface area contributed by atoms with Gasteiger partial charge >= 0.3 is 12.2 Å². The predicted molar refractivity (Wildman–Crippen MR) is 165 cm³/mol. The number of ether oxygens (including phenoxy) is 2. The van der Waals surface area contributed by atoms with Gasteiger partial charge in [-0.3, -0.25) is 9.87 Å². The number of carbonyl (C=O) groups excluding carboxylic acids is 2. The van der Waals surface area contributed by atoms with Crippen molar-refractivity contribution in [2.75, 3.05) is 11.6 Å². The SMILES string of the molecule is CC(C)OC(=O)Nc1ccc(-c2cnc(C3CCC(NC(=O)OC(C)(C)C)CC3)s2)c(S(C)(=O)(O)NC(C)(C)C)c1. The summed E-state index contributed by atoms with van der Waals surface area (Å²) in [5.74, 6) is 0.226. The van der Waals surface area contributed by atoms with E-state index in [2.05, 4.69) is 15.4 Å². The van der Waals surface area contributed by atoms with Crippen LogP contribution in [0, 0.1) is 0 Å². The lowest BCUT2D eigenvalue weighted by molar-refractivity contribution is 0.0491. The fraction of sp³-hybridized carbons (Fsp3) is 0.621. The number of hydrogen-bond donors (Lipinski definition) is 4. The monoisotopic (exact) mass is 610 g/mol. The van der Waals surface area contributed by atoms with E-state index in [9.17, 15) is 18.4 Å². The molecule has 1 fully saturated rings. The summed E-state index contributed by atoms with van der Waals surface area (Å²) < 4.78 is 39.3. The number of amides is 2. The maximum absolute atomic E-state index is 14.2. The minimum absolute atomic E-state index is 0.0538. The molecule has 0 bridgehead atoms. The second kappa shape index (κ2) is 12.0. The minimum Gasteiger partial charge on any atom is -0.447 e. The average Bonchev–Trinajstić information content (AvgIpc) is 3.26. The van der Waals surface area contributed by atoms with Crippen molar-refractivity contribution < 1.29 is 27.8 Å². The molecule has 230 valence electrons. The Kier molecular flexibility index (Phi) is 9.64. The van der Waals surface area contributed by atoms with Crippen molar-refractivity contribution in [3.8, 4) is 10.4 Å². The van der Waals surface area contributed by atoms with E-state index in [1.165, 1.54) is 23.7 Å². The molecule has 0 atom stereocenters. The van der Waals surface area contributed by atoms with Crippen LogP contribution in [0.15, 0.2) is 29.3 Å². The van der Waals surface area contributed by atoms with E-state index in [-0.39, 0.29) is 23.0 Å². The third-order valence-corrected chi connectivity index (χ3v) is 9.88. The lowest BCUT2D eigenvalue weighted by atomic mass is 9.86. The second-order valence-electron chi connectivity index (χ2n) is 13.2. The van der Waals surface area contributed by atoms with Crippen LogP contribution in [0.5, 0.6) is 0 Å². The number of benzene rings is 1. The van der Waals surface area contributed by atoms with Gasteiger partial charge in [-0.1, -0.05) is 0 Å². The first kappa shape index (κ1) is 33.0. The molecular formula is C29H46N4O6S2. The Morgan fingerprint density at radius 3 is 2.27 bits per heavy atom. The second-order valence-corrected chi connectivity index (χ2v) is 17.5. The predicted octanol–water partition coefficient (Wildman–Crippen LogP) is 6.90. The zero-order chi connectivity index (χ0) is 30.8. The number of hydrogen-bond acceptors (Lipinski definition) is 7. The molecule has 1 aliphatic carbocycles. The molecule has 2 aromatic rings. The summed E-state index contributed by atoms with van der Waals surface area (Å²) in [6.07, 6.45) is 5.03. The number of carbonyl (C=O) groups is 2. The molecule has 1 heterocycles. The number of aromatic nitrogens is 1. The molecule has 0 aliphatic heterocycles. The van der Waals surface area contributed by atoms with Crippen molar-refractivity contribution in [2.45, 2.75) is 115 Å². The van der Waals surface area contributed by atoms with Gasteiger partial charge < -0.3 is 14.8 Å². The summed E-state index contributed by atoms with van der Waals surface area (Å²) in [4.78, 5) is 30.0. The molecule has 4 N–H and O–H groups in total. The van der Waals surface area contributed by atoms with Crippen molar-refractivity contribution in [1.29, 1.82) is 0 Å². The van der Waals surface area contributed by atoms with Crippen LogP contribution in [0.25, 0.3) is 10.4 Å². The van der Waals surface area contributed by atoms with Crippen molar-refractivity contribution >= 4 is 38.7 Å². The van der Waals surface area contributed by atoms with E-state index >= 15 is 0 Å². The Hall–Kier alpha value is -2.54. The van der Waals surface area contributed by atoms with Gasteiger partial charge in [0.25, 0.3) is 0 Å². The first-order chi connectivity index (χ1) is 18.7. The van der Waals surface area contributed by atoms with Crippen LogP contribution in [0.4, 0.5) is 15.3 Å². The van der Waals surface area contributed by atoms with Gasteiger partial charge in [0, 0.05) is 41.2 Å². The Bertz CT molecular complexity index is 1310. The number of anilines is 1. The Balaban J connectivity index is 1.85. The topological polar surface area (TPSA) is 139 Å². The number of thiazole rings is 1. The van der Waals surface area contributed by atoms with Crippen LogP contribution in [0.2, 0.25) is 0 Å². The molecular weight excluding hydrogens is 564 g/mol. The van der Waals surface area contributed by atoms with E-state index in [4.69, 9.17) is 14.5 Å². The van der Waals surface area contributed by atoms with E-state index in [0.717, 1.165) is 35.6 Å². The number of nitrogens with zero attached hydrogens (tertiary/aromatic N) is 1. The molecule has 3 rings (SSSR count). The maximum Gasteiger partial charge on any atom is 0.411 e. The van der Waals surface area contributed by atoms with E-state index < -0.39 is 32.9 Å². The molecule has 1 saturated carbocycles. The summed E-state index contributed by atoms with van der Waals surface area (Å²) in [6.45, 7) is 14.5.